The molecule has 0 radical (unpaired) electrons. The maximum atomic E-state index is 13.2. The smallest absolute Gasteiger partial charge is 0.387 e. The summed E-state index contributed by atoms with van der Waals surface area (Å²) >= 11 is 0. The van der Waals surface area contributed by atoms with Gasteiger partial charge in [0.25, 0.3) is 0 Å². The summed E-state index contributed by atoms with van der Waals surface area (Å²) < 4.78 is 55.4. The van der Waals surface area contributed by atoms with Gasteiger partial charge in [-0.15, -0.1) is 0 Å². The molecule has 2 aromatic rings. The summed E-state index contributed by atoms with van der Waals surface area (Å²) in [4.78, 5) is 0. The maximum Gasteiger partial charge on any atom is 0.387 e. The van der Waals surface area contributed by atoms with Crippen LogP contribution in [-0.4, -0.2) is 6.61 Å². The van der Waals surface area contributed by atoms with Gasteiger partial charge >= 0.3 is 6.61 Å². The molecule has 0 heterocycles. The molecule has 6 heteroatoms. The fourth-order valence-corrected chi connectivity index (χ4v) is 1.93. The fraction of sp³-hybridized carbons (Fsp3) is 0.200. The van der Waals surface area contributed by atoms with E-state index in [1.165, 1.54) is 18.2 Å². The molecule has 0 saturated carbocycles. The maximum absolute atomic E-state index is 13.2. The molecule has 112 valence electrons. The summed E-state index contributed by atoms with van der Waals surface area (Å²) in [7, 11) is 0. The average molecular weight is 299 g/mol. The number of para-hydroxylation sites is 2. The third-order valence-electron chi connectivity index (χ3n) is 2.86. The molecular formula is C15H13F4NO. The van der Waals surface area contributed by atoms with E-state index < -0.39 is 24.3 Å². The van der Waals surface area contributed by atoms with Gasteiger partial charge in [0.1, 0.15) is 17.4 Å². The first-order valence-corrected chi connectivity index (χ1v) is 6.22. The van der Waals surface area contributed by atoms with Crippen LogP contribution in [-0.2, 0) is 0 Å². The van der Waals surface area contributed by atoms with Crippen molar-refractivity contribution in [3.8, 4) is 5.75 Å². The number of anilines is 1. The van der Waals surface area contributed by atoms with Gasteiger partial charge in [-0.2, -0.15) is 8.78 Å². The van der Waals surface area contributed by atoms with Crippen LogP contribution in [0.25, 0.3) is 0 Å². The van der Waals surface area contributed by atoms with Crippen LogP contribution in [0.4, 0.5) is 23.2 Å². The van der Waals surface area contributed by atoms with Crippen molar-refractivity contribution in [2.24, 2.45) is 0 Å². The van der Waals surface area contributed by atoms with Crippen LogP contribution in [0.5, 0.6) is 5.75 Å². The Labute approximate surface area is 119 Å². The Hall–Kier alpha value is -2.24. The van der Waals surface area contributed by atoms with Crippen LogP contribution >= 0.6 is 0 Å². The molecule has 0 spiro atoms. The molecule has 1 N–H and O–H groups in total. The number of ether oxygens (including phenoxy) is 1. The van der Waals surface area contributed by atoms with Gasteiger partial charge < -0.3 is 10.1 Å². The second kappa shape index (κ2) is 6.47. The lowest BCUT2D eigenvalue weighted by atomic mass is 10.1. The molecule has 0 bridgehead atoms. The standard InChI is InChI=1S/C15H13F4NO/c1-9(10-6-11(16)8-12(17)7-10)20-13-4-2-3-5-14(13)21-15(18)19/h2-9,15,20H,1H3. The minimum absolute atomic E-state index is 0.0313. The van der Waals surface area contributed by atoms with E-state index in [-0.39, 0.29) is 5.75 Å². The molecule has 0 amide bonds. The first kappa shape index (κ1) is 15.2. The number of halogens is 4. The lowest BCUT2D eigenvalue weighted by Gasteiger charge is -2.18. The molecule has 2 aromatic carbocycles. The highest BCUT2D eigenvalue weighted by molar-refractivity contribution is 5.57. The zero-order chi connectivity index (χ0) is 15.4. The molecule has 0 aliphatic heterocycles. The summed E-state index contributed by atoms with van der Waals surface area (Å²) in [6.07, 6.45) is 0. The molecular weight excluding hydrogens is 286 g/mol. The minimum atomic E-state index is -2.95. The van der Waals surface area contributed by atoms with Crippen LogP contribution in [0, 0.1) is 11.6 Å². The van der Waals surface area contributed by atoms with E-state index in [4.69, 9.17) is 0 Å². The molecule has 2 nitrogen and oxygen atoms in total. The Balaban J connectivity index is 2.21. The third kappa shape index (κ3) is 4.11. The first-order chi connectivity index (χ1) is 9.95. The molecule has 1 atom stereocenters. The van der Waals surface area contributed by atoms with Gasteiger partial charge in [0.2, 0.25) is 0 Å². The second-order valence-electron chi connectivity index (χ2n) is 4.44. The topological polar surface area (TPSA) is 21.3 Å². The van der Waals surface area contributed by atoms with Crippen molar-refractivity contribution in [2.45, 2.75) is 19.6 Å². The van der Waals surface area contributed by atoms with Gasteiger partial charge in [0, 0.05) is 12.1 Å². The monoisotopic (exact) mass is 299 g/mol. The molecule has 0 fully saturated rings. The zero-order valence-electron chi connectivity index (χ0n) is 11.1. The normalized spacial score (nSPS) is 12.3. The summed E-state index contributed by atoms with van der Waals surface area (Å²) in [5.74, 6) is -1.43. The van der Waals surface area contributed by atoms with Gasteiger partial charge in [-0.1, -0.05) is 12.1 Å². The summed E-state index contributed by atoms with van der Waals surface area (Å²) in [5, 5.41) is 2.89. The van der Waals surface area contributed by atoms with Crippen LogP contribution in [0.2, 0.25) is 0 Å². The van der Waals surface area contributed by atoms with E-state index in [0.717, 1.165) is 6.07 Å². The second-order valence-corrected chi connectivity index (χ2v) is 4.44. The van der Waals surface area contributed by atoms with Crippen molar-refractivity contribution in [3.05, 3.63) is 59.7 Å². The van der Waals surface area contributed by atoms with Crippen LogP contribution in [0.15, 0.2) is 42.5 Å². The van der Waals surface area contributed by atoms with E-state index in [1.807, 2.05) is 0 Å². The number of nitrogens with one attached hydrogen (secondary N) is 1. The van der Waals surface area contributed by atoms with E-state index >= 15 is 0 Å². The third-order valence-corrected chi connectivity index (χ3v) is 2.86. The SMILES string of the molecule is CC(Nc1ccccc1OC(F)F)c1cc(F)cc(F)c1. The van der Waals surface area contributed by atoms with Gasteiger partial charge in [-0.05, 0) is 36.8 Å². The van der Waals surface area contributed by atoms with E-state index in [1.54, 1.807) is 25.1 Å². The van der Waals surface area contributed by atoms with Crippen molar-refractivity contribution in [1.82, 2.24) is 0 Å². The first-order valence-electron chi connectivity index (χ1n) is 6.22. The van der Waals surface area contributed by atoms with E-state index in [2.05, 4.69) is 10.1 Å². The highest BCUT2D eigenvalue weighted by Crippen LogP contribution is 2.29. The lowest BCUT2D eigenvalue weighted by Crippen LogP contribution is -2.10. The van der Waals surface area contributed by atoms with Crippen molar-refractivity contribution >= 4 is 5.69 Å². The predicted octanol–water partition coefficient (Wildman–Crippen LogP) is 4.74. The number of rotatable bonds is 5. The molecule has 2 rings (SSSR count). The Kier molecular flexibility index (Phi) is 4.67. The quantitative estimate of drug-likeness (QED) is 0.805. The van der Waals surface area contributed by atoms with Crippen molar-refractivity contribution < 1.29 is 22.3 Å². The van der Waals surface area contributed by atoms with Gasteiger partial charge in [0.05, 0.1) is 5.69 Å². The minimum Gasteiger partial charge on any atom is -0.433 e. The summed E-state index contributed by atoms with van der Waals surface area (Å²) in [6.45, 7) is -1.29. The van der Waals surface area contributed by atoms with E-state index in [9.17, 15) is 17.6 Å². The van der Waals surface area contributed by atoms with Crippen LogP contribution < -0.4 is 10.1 Å². The Morgan fingerprint density at radius 3 is 2.24 bits per heavy atom. The van der Waals surface area contributed by atoms with Gasteiger partial charge in [-0.3, -0.25) is 0 Å². The largest absolute Gasteiger partial charge is 0.433 e. The molecule has 21 heavy (non-hydrogen) atoms. The van der Waals surface area contributed by atoms with Crippen molar-refractivity contribution in [1.29, 1.82) is 0 Å². The van der Waals surface area contributed by atoms with Crippen LogP contribution in [0.1, 0.15) is 18.5 Å². The molecule has 1 unspecified atom stereocenters. The van der Waals surface area contributed by atoms with Crippen molar-refractivity contribution in [3.63, 3.8) is 0 Å². The highest BCUT2D eigenvalue weighted by Gasteiger charge is 2.13. The molecule has 0 saturated heterocycles. The average Bonchev–Trinajstić information content (AvgIpc) is 2.39. The van der Waals surface area contributed by atoms with Gasteiger partial charge in [-0.25, -0.2) is 8.78 Å². The predicted molar refractivity (Wildman–Crippen MR) is 71.5 cm³/mol. The summed E-state index contributed by atoms with van der Waals surface area (Å²) in [5.41, 5.74) is 0.675. The molecule has 0 aliphatic rings. The van der Waals surface area contributed by atoms with Crippen molar-refractivity contribution in [2.75, 3.05) is 5.32 Å². The summed E-state index contributed by atoms with van der Waals surface area (Å²) in [6, 6.07) is 8.75. The Bertz CT molecular complexity index is 598. The molecule has 0 aliphatic carbocycles. The Morgan fingerprint density at radius 1 is 1.00 bits per heavy atom. The lowest BCUT2D eigenvalue weighted by molar-refractivity contribution is -0.0493. The number of alkyl halides is 2. The number of benzene rings is 2. The Morgan fingerprint density at radius 2 is 1.62 bits per heavy atom. The fourth-order valence-electron chi connectivity index (χ4n) is 1.93. The number of hydrogen-bond donors (Lipinski definition) is 1. The molecule has 0 aromatic heterocycles. The van der Waals surface area contributed by atoms with Crippen LogP contribution in [0.3, 0.4) is 0 Å². The number of hydrogen-bond acceptors (Lipinski definition) is 2. The zero-order valence-corrected chi connectivity index (χ0v) is 11.1. The van der Waals surface area contributed by atoms with Gasteiger partial charge in [0.15, 0.2) is 0 Å². The highest BCUT2D eigenvalue weighted by atomic mass is 19.3. The van der Waals surface area contributed by atoms with E-state index in [0.29, 0.717) is 11.3 Å².